The van der Waals surface area contributed by atoms with Crippen LogP contribution >= 0.6 is 0 Å². The predicted molar refractivity (Wildman–Crippen MR) is 59.3 cm³/mol. The summed E-state index contributed by atoms with van der Waals surface area (Å²) in [5.41, 5.74) is 1.44. The van der Waals surface area contributed by atoms with Crippen LogP contribution in [0.1, 0.15) is 5.56 Å². The lowest BCUT2D eigenvalue weighted by atomic mass is 10.2. The molecule has 0 aliphatic carbocycles. The van der Waals surface area contributed by atoms with E-state index in [1.54, 1.807) is 19.1 Å². The first-order valence-corrected chi connectivity index (χ1v) is 4.95. The maximum atomic E-state index is 11.6. The third-order valence-electron chi connectivity index (χ3n) is 2.18. The maximum Gasteiger partial charge on any atom is 0.246 e. The number of phenolic OH excluding ortho intramolecular Hbond substituents is 1. The average molecular weight is 233 g/mol. The summed E-state index contributed by atoms with van der Waals surface area (Å²) in [6.07, 6.45) is 1.36. The zero-order valence-electron chi connectivity index (χ0n) is 9.16. The number of rotatable bonds is 3. The van der Waals surface area contributed by atoms with Crippen molar-refractivity contribution >= 4 is 11.6 Å². The number of nitrogens with zero attached hydrogens (tertiary/aromatic N) is 4. The lowest BCUT2D eigenvalue weighted by Crippen LogP contribution is -2.19. The average Bonchev–Trinajstić information content (AvgIpc) is 2.75. The van der Waals surface area contributed by atoms with Gasteiger partial charge in [-0.1, -0.05) is 0 Å². The third kappa shape index (κ3) is 2.77. The SMILES string of the molecule is Cc1cc(O)ccc1NC(=O)Cn1cnnn1. The zero-order chi connectivity index (χ0) is 12.3. The molecule has 7 heteroatoms. The Balaban J connectivity index is 2.03. The Morgan fingerprint density at radius 1 is 1.53 bits per heavy atom. The Hall–Kier alpha value is -2.44. The van der Waals surface area contributed by atoms with Gasteiger partial charge in [0.2, 0.25) is 5.91 Å². The fourth-order valence-corrected chi connectivity index (χ4v) is 1.38. The quantitative estimate of drug-likeness (QED) is 0.745. The van der Waals surface area contributed by atoms with E-state index in [2.05, 4.69) is 20.8 Å². The van der Waals surface area contributed by atoms with Gasteiger partial charge in [-0.15, -0.1) is 5.10 Å². The molecule has 1 aromatic heterocycles. The van der Waals surface area contributed by atoms with Gasteiger partial charge in [0.1, 0.15) is 18.6 Å². The van der Waals surface area contributed by atoms with Gasteiger partial charge in [0.25, 0.3) is 0 Å². The lowest BCUT2D eigenvalue weighted by Gasteiger charge is -2.08. The number of hydrogen-bond donors (Lipinski definition) is 2. The van der Waals surface area contributed by atoms with Crippen LogP contribution in [0, 0.1) is 6.92 Å². The molecule has 88 valence electrons. The summed E-state index contributed by atoms with van der Waals surface area (Å²) in [7, 11) is 0. The van der Waals surface area contributed by atoms with Crippen LogP contribution < -0.4 is 5.32 Å². The fraction of sp³-hybridized carbons (Fsp3) is 0.200. The van der Waals surface area contributed by atoms with Gasteiger partial charge in [-0.25, -0.2) is 4.68 Å². The van der Waals surface area contributed by atoms with Gasteiger partial charge in [0, 0.05) is 5.69 Å². The van der Waals surface area contributed by atoms with E-state index in [1.165, 1.54) is 17.1 Å². The second-order valence-electron chi connectivity index (χ2n) is 3.55. The molecule has 0 spiro atoms. The van der Waals surface area contributed by atoms with Gasteiger partial charge in [0.15, 0.2) is 0 Å². The first-order valence-electron chi connectivity index (χ1n) is 4.95. The van der Waals surface area contributed by atoms with Crippen molar-refractivity contribution < 1.29 is 9.90 Å². The van der Waals surface area contributed by atoms with E-state index in [0.29, 0.717) is 5.69 Å². The van der Waals surface area contributed by atoms with Crippen LogP contribution in [-0.2, 0) is 11.3 Å². The van der Waals surface area contributed by atoms with E-state index in [0.717, 1.165) is 5.56 Å². The number of aromatic nitrogens is 4. The molecule has 0 aliphatic rings. The van der Waals surface area contributed by atoms with Gasteiger partial charge in [0.05, 0.1) is 0 Å². The molecule has 0 radical (unpaired) electrons. The highest BCUT2D eigenvalue weighted by Gasteiger charge is 2.06. The standard InChI is InChI=1S/C10H11N5O2/c1-7-4-8(16)2-3-9(7)12-10(17)5-15-6-11-13-14-15/h2-4,6,16H,5H2,1H3,(H,12,17). The minimum atomic E-state index is -0.230. The number of benzene rings is 1. The molecule has 0 saturated heterocycles. The van der Waals surface area contributed by atoms with Crippen LogP contribution in [0.4, 0.5) is 5.69 Å². The van der Waals surface area contributed by atoms with E-state index >= 15 is 0 Å². The van der Waals surface area contributed by atoms with Crippen molar-refractivity contribution in [1.82, 2.24) is 20.2 Å². The number of hydrogen-bond acceptors (Lipinski definition) is 5. The Kier molecular flexibility index (Phi) is 2.99. The second kappa shape index (κ2) is 4.60. The molecule has 0 aliphatic heterocycles. The topological polar surface area (TPSA) is 92.9 Å². The van der Waals surface area contributed by atoms with Crippen LogP contribution in [0.25, 0.3) is 0 Å². The number of carbonyl (C=O) groups excluding carboxylic acids is 1. The summed E-state index contributed by atoms with van der Waals surface area (Å²) in [5, 5.41) is 22.4. The number of nitrogens with one attached hydrogen (secondary N) is 1. The lowest BCUT2D eigenvalue weighted by molar-refractivity contribution is -0.116. The van der Waals surface area contributed by atoms with E-state index in [4.69, 9.17) is 0 Å². The molecule has 1 aromatic carbocycles. The molecule has 2 rings (SSSR count). The Morgan fingerprint density at radius 2 is 2.35 bits per heavy atom. The number of aromatic hydroxyl groups is 1. The molecule has 0 bridgehead atoms. The minimum Gasteiger partial charge on any atom is -0.508 e. The maximum absolute atomic E-state index is 11.6. The molecule has 0 atom stereocenters. The van der Waals surface area contributed by atoms with Crippen molar-refractivity contribution in [3.8, 4) is 5.75 Å². The van der Waals surface area contributed by atoms with Crippen LogP contribution in [0.5, 0.6) is 5.75 Å². The Labute approximate surface area is 97.1 Å². The number of anilines is 1. The van der Waals surface area contributed by atoms with Gasteiger partial charge < -0.3 is 10.4 Å². The van der Waals surface area contributed by atoms with Crippen molar-refractivity contribution in [1.29, 1.82) is 0 Å². The number of phenols is 1. The highest BCUT2D eigenvalue weighted by molar-refractivity contribution is 5.91. The van der Waals surface area contributed by atoms with Crippen molar-refractivity contribution in [3.63, 3.8) is 0 Å². The number of carbonyl (C=O) groups is 1. The van der Waals surface area contributed by atoms with Crippen LogP contribution in [0.3, 0.4) is 0 Å². The normalized spacial score (nSPS) is 10.2. The number of tetrazole rings is 1. The molecule has 0 saturated carbocycles. The summed E-state index contributed by atoms with van der Waals surface area (Å²) in [6.45, 7) is 1.85. The molecule has 17 heavy (non-hydrogen) atoms. The van der Waals surface area contributed by atoms with E-state index in [1.807, 2.05) is 0 Å². The minimum absolute atomic E-state index is 0.0489. The zero-order valence-corrected chi connectivity index (χ0v) is 9.16. The smallest absolute Gasteiger partial charge is 0.246 e. The first-order chi connectivity index (χ1) is 8.15. The number of amides is 1. The second-order valence-corrected chi connectivity index (χ2v) is 3.55. The predicted octanol–water partition coefficient (Wildman–Crippen LogP) is 0.326. The Bertz CT molecular complexity index is 523. The van der Waals surface area contributed by atoms with Gasteiger partial charge in [-0.2, -0.15) is 0 Å². The summed E-state index contributed by atoms with van der Waals surface area (Å²) in [5.74, 6) is -0.0629. The molecule has 2 aromatic rings. The van der Waals surface area contributed by atoms with Gasteiger partial charge >= 0.3 is 0 Å². The molecular weight excluding hydrogens is 222 g/mol. The molecule has 7 nitrogen and oxygen atoms in total. The van der Waals surface area contributed by atoms with E-state index in [9.17, 15) is 9.90 Å². The summed E-state index contributed by atoms with van der Waals surface area (Å²) in [6, 6.07) is 4.73. The fourth-order valence-electron chi connectivity index (χ4n) is 1.38. The van der Waals surface area contributed by atoms with Gasteiger partial charge in [-0.3, -0.25) is 4.79 Å². The first kappa shape index (κ1) is 11.1. The van der Waals surface area contributed by atoms with Crippen LogP contribution in [-0.4, -0.2) is 31.2 Å². The molecular formula is C10H11N5O2. The van der Waals surface area contributed by atoms with E-state index < -0.39 is 0 Å². The molecule has 1 heterocycles. The van der Waals surface area contributed by atoms with Crippen LogP contribution in [0.15, 0.2) is 24.5 Å². The largest absolute Gasteiger partial charge is 0.508 e. The summed E-state index contributed by atoms with van der Waals surface area (Å²) >= 11 is 0. The van der Waals surface area contributed by atoms with Gasteiger partial charge in [-0.05, 0) is 41.1 Å². The van der Waals surface area contributed by atoms with Crippen molar-refractivity contribution in [2.75, 3.05) is 5.32 Å². The van der Waals surface area contributed by atoms with Crippen molar-refractivity contribution in [2.45, 2.75) is 13.5 Å². The third-order valence-corrected chi connectivity index (χ3v) is 2.18. The Morgan fingerprint density at radius 3 is 3.00 bits per heavy atom. The van der Waals surface area contributed by atoms with Crippen LogP contribution in [0.2, 0.25) is 0 Å². The molecule has 0 unspecified atom stereocenters. The monoisotopic (exact) mass is 233 g/mol. The van der Waals surface area contributed by atoms with E-state index in [-0.39, 0.29) is 18.2 Å². The molecule has 0 fully saturated rings. The highest BCUT2D eigenvalue weighted by Crippen LogP contribution is 2.19. The summed E-state index contributed by atoms with van der Waals surface area (Å²) < 4.78 is 1.32. The highest BCUT2D eigenvalue weighted by atomic mass is 16.3. The summed E-state index contributed by atoms with van der Waals surface area (Å²) in [4.78, 5) is 11.6. The molecule has 1 amide bonds. The van der Waals surface area contributed by atoms with Crippen molar-refractivity contribution in [3.05, 3.63) is 30.1 Å². The number of aryl methyl sites for hydroxylation is 1. The van der Waals surface area contributed by atoms with Crippen molar-refractivity contribution in [2.24, 2.45) is 0 Å². The molecule has 2 N–H and O–H groups in total.